The van der Waals surface area contributed by atoms with Crippen LogP contribution in [0.5, 0.6) is 0 Å². The molecule has 0 atom stereocenters. The van der Waals surface area contributed by atoms with Crippen molar-refractivity contribution >= 4 is 11.3 Å². The van der Waals surface area contributed by atoms with Crippen LogP contribution in [-0.2, 0) is 0 Å². The van der Waals surface area contributed by atoms with E-state index in [0.717, 1.165) is 11.1 Å². The zero-order valence-corrected chi connectivity index (χ0v) is 9.33. The van der Waals surface area contributed by atoms with Gasteiger partial charge in [0.05, 0.1) is 0 Å². The van der Waals surface area contributed by atoms with E-state index < -0.39 is 5.83 Å². The van der Waals surface area contributed by atoms with Crippen LogP contribution in [0.2, 0.25) is 0 Å². The third-order valence-electron chi connectivity index (χ3n) is 2.13. The predicted octanol–water partition coefficient (Wildman–Crippen LogP) is 4.14. The highest BCUT2D eigenvalue weighted by molar-refractivity contribution is 6.11. The van der Waals surface area contributed by atoms with E-state index in [2.05, 4.69) is 24.7 Å². The average Bonchev–Trinajstić information content (AvgIpc) is 2.25. The largest absolute Gasteiger partial charge is 0.254 e. The Kier molecular flexibility index (Phi) is 3.95. The van der Waals surface area contributed by atoms with Crippen LogP contribution in [0, 0.1) is 0 Å². The molecule has 1 aromatic rings. The second-order valence-corrected chi connectivity index (χ2v) is 3.42. The minimum absolute atomic E-state index is 0.211. The highest BCUT2D eigenvalue weighted by atomic mass is 19.1. The minimum Gasteiger partial charge on any atom is -0.254 e. The summed E-state index contributed by atoms with van der Waals surface area (Å²) in [4.78, 5) is 3.85. The highest BCUT2D eigenvalue weighted by Gasteiger charge is 2.06. The fourth-order valence-corrected chi connectivity index (χ4v) is 1.31. The highest BCUT2D eigenvalue weighted by Crippen LogP contribution is 2.15. The summed E-state index contributed by atoms with van der Waals surface area (Å²) in [7, 11) is 0. The average molecular weight is 215 g/mol. The molecule has 0 unspecified atom stereocenters. The fraction of sp³-hybridized carbons (Fsp3) is 0.0714. The van der Waals surface area contributed by atoms with E-state index in [0.29, 0.717) is 5.56 Å². The first-order valence-corrected chi connectivity index (χ1v) is 4.86. The molecule has 0 aliphatic carbocycles. The molecule has 0 fully saturated rings. The van der Waals surface area contributed by atoms with Crippen molar-refractivity contribution in [1.82, 2.24) is 0 Å². The third-order valence-corrected chi connectivity index (χ3v) is 2.13. The number of benzene rings is 1. The van der Waals surface area contributed by atoms with Gasteiger partial charge in [-0.3, -0.25) is 4.99 Å². The second-order valence-electron chi connectivity index (χ2n) is 3.42. The Morgan fingerprint density at radius 1 is 1.19 bits per heavy atom. The summed E-state index contributed by atoms with van der Waals surface area (Å²) in [6, 6.07) is 7.33. The molecule has 0 saturated heterocycles. The summed E-state index contributed by atoms with van der Waals surface area (Å²) in [5, 5.41) is 0. The molecule has 1 rings (SSSR count). The van der Waals surface area contributed by atoms with Crippen LogP contribution in [-0.4, -0.2) is 5.71 Å². The Balaban J connectivity index is 3.13. The summed E-state index contributed by atoms with van der Waals surface area (Å²) in [5.74, 6) is -0.567. The van der Waals surface area contributed by atoms with Crippen molar-refractivity contribution in [2.24, 2.45) is 4.99 Å². The Bertz CT molecular complexity index is 452. The molecule has 0 spiro atoms. The molecular formula is C14H14FN. The molecule has 0 amide bonds. The summed E-state index contributed by atoms with van der Waals surface area (Å²) in [5.41, 5.74) is 2.87. The molecule has 0 N–H and O–H groups in total. The first-order valence-electron chi connectivity index (χ1n) is 4.86. The van der Waals surface area contributed by atoms with E-state index in [1.807, 2.05) is 19.1 Å². The Labute approximate surface area is 95.3 Å². The van der Waals surface area contributed by atoms with Crippen molar-refractivity contribution in [2.45, 2.75) is 6.92 Å². The third kappa shape index (κ3) is 2.76. The lowest BCUT2D eigenvalue weighted by atomic mass is 10.0. The molecule has 2 heteroatoms. The molecular weight excluding hydrogens is 201 g/mol. The maximum Gasteiger partial charge on any atom is 0.142 e. The number of aliphatic imine (C=N–C) groups is 1. The number of rotatable bonds is 4. The summed E-state index contributed by atoms with van der Waals surface area (Å²) in [6.45, 7) is 12.4. The van der Waals surface area contributed by atoms with Crippen LogP contribution in [0.25, 0.3) is 5.57 Å². The van der Waals surface area contributed by atoms with Gasteiger partial charge in [0, 0.05) is 11.8 Å². The molecule has 0 radical (unpaired) electrons. The smallest absolute Gasteiger partial charge is 0.142 e. The molecule has 0 bridgehead atoms. The molecule has 0 aromatic heterocycles. The van der Waals surface area contributed by atoms with E-state index in [9.17, 15) is 4.39 Å². The van der Waals surface area contributed by atoms with Gasteiger partial charge >= 0.3 is 0 Å². The Morgan fingerprint density at radius 3 is 2.06 bits per heavy atom. The number of hydrogen-bond acceptors (Lipinski definition) is 1. The van der Waals surface area contributed by atoms with Crippen molar-refractivity contribution in [3.63, 3.8) is 0 Å². The first-order chi connectivity index (χ1) is 7.56. The molecule has 82 valence electrons. The number of hydrogen-bond donors (Lipinski definition) is 0. The molecule has 0 aliphatic heterocycles. The minimum atomic E-state index is -0.567. The van der Waals surface area contributed by atoms with Crippen LogP contribution in [0.4, 0.5) is 4.39 Å². The summed E-state index contributed by atoms with van der Waals surface area (Å²) in [6.07, 6.45) is 1.30. The van der Waals surface area contributed by atoms with E-state index in [-0.39, 0.29) is 5.71 Å². The quantitative estimate of drug-likeness (QED) is 0.669. The number of halogens is 1. The van der Waals surface area contributed by atoms with Crippen LogP contribution < -0.4 is 0 Å². The van der Waals surface area contributed by atoms with Crippen LogP contribution >= 0.6 is 0 Å². The number of nitrogens with zero attached hydrogens (tertiary/aromatic N) is 1. The maximum absolute atomic E-state index is 13.1. The van der Waals surface area contributed by atoms with Crippen molar-refractivity contribution in [1.29, 1.82) is 0 Å². The van der Waals surface area contributed by atoms with E-state index >= 15 is 0 Å². The standard InChI is InChI=1S/C14H14FN/c1-5-16-14(11(4)15)13-8-6-12(7-9-13)10(2)3/h5-9H,1-2,4H2,3H3. The van der Waals surface area contributed by atoms with Gasteiger partial charge in [-0.15, -0.1) is 0 Å². The zero-order chi connectivity index (χ0) is 12.1. The van der Waals surface area contributed by atoms with E-state index in [1.165, 1.54) is 6.20 Å². The summed E-state index contributed by atoms with van der Waals surface area (Å²) < 4.78 is 13.1. The van der Waals surface area contributed by atoms with Crippen molar-refractivity contribution in [3.8, 4) is 0 Å². The van der Waals surface area contributed by atoms with Crippen LogP contribution in [0.15, 0.2) is 61.0 Å². The topological polar surface area (TPSA) is 12.4 Å². The zero-order valence-electron chi connectivity index (χ0n) is 9.33. The lowest BCUT2D eigenvalue weighted by Gasteiger charge is -2.04. The normalized spacial score (nSPS) is 11.0. The molecule has 0 saturated carbocycles. The van der Waals surface area contributed by atoms with E-state index in [1.54, 1.807) is 12.1 Å². The van der Waals surface area contributed by atoms with Gasteiger partial charge in [-0.1, -0.05) is 49.6 Å². The van der Waals surface area contributed by atoms with Crippen molar-refractivity contribution in [2.75, 3.05) is 0 Å². The van der Waals surface area contributed by atoms with Crippen LogP contribution in [0.1, 0.15) is 18.1 Å². The van der Waals surface area contributed by atoms with Gasteiger partial charge in [-0.25, -0.2) is 4.39 Å². The molecule has 1 nitrogen and oxygen atoms in total. The summed E-state index contributed by atoms with van der Waals surface area (Å²) >= 11 is 0. The number of allylic oxidation sites excluding steroid dienone is 2. The molecule has 0 heterocycles. The first kappa shape index (κ1) is 12.1. The van der Waals surface area contributed by atoms with Gasteiger partial charge in [0.15, 0.2) is 0 Å². The second kappa shape index (κ2) is 5.21. The van der Waals surface area contributed by atoms with Gasteiger partial charge in [0.25, 0.3) is 0 Å². The Hall–Kier alpha value is -1.96. The van der Waals surface area contributed by atoms with Crippen LogP contribution in [0.3, 0.4) is 0 Å². The van der Waals surface area contributed by atoms with Crippen molar-refractivity contribution in [3.05, 3.63) is 67.2 Å². The lowest BCUT2D eigenvalue weighted by Crippen LogP contribution is -2.00. The van der Waals surface area contributed by atoms with Gasteiger partial charge < -0.3 is 0 Å². The molecule has 1 aromatic carbocycles. The van der Waals surface area contributed by atoms with Gasteiger partial charge in [0.2, 0.25) is 0 Å². The van der Waals surface area contributed by atoms with Gasteiger partial charge in [0.1, 0.15) is 11.5 Å². The lowest BCUT2D eigenvalue weighted by molar-refractivity contribution is 0.686. The monoisotopic (exact) mass is 215 g/mol. The van der Waals surface area contributed by atoms with Crippen molar-refractivity contribution < 1.29 is 4.39 Å². The van der Waals surface area contributed by atoms with Gasteiger partial charge in [-0.2, -0.15) is 0 Å². The predicted molar refractivity (Wildman–Crippen MR) is 68.1 cm³/mol. The Morgan fingerprint density at radius 2 is 1.69 bits per heavy atom. The molecule has 16 heavy (non-hydrogen) atoms. The van der Waals surface area contributed by atoms with Gasteiger partial charge in [-0.05, 0) is 12.5 Å². The SMILES string of the molecule is C=CN=C(C(=C)F)c1ccc(C(=C)C)cc1. The fourth-order valence-electron chi connectivity index (χ4n) is 1.31. The van der Waals surface area contributed by atoms with E-state index in [4.69, 9.17) is 0 Å². The maximum atomic E-state index is 13.1. The molecule has 0 aliphatic rings.